The highest BCUT2D eigenvalue weighted by Gasteiger charge is 2.09. The van der Waals surface area contributed by atoms with Gasteiger partial charge in [-0.25, -0.2) is 4.98 Å². The van der Waals surface area contributed by atoms with Crippen LogP contribution in [0.25, 0.3) is 10.9 Å². The Balaban J connectivity index is 1.66. The fraction of sp³-hybridized carbons (Fsp3) is 0.0952. The van der Waals surface area contributed by atoms with Crippen LogP contribution in [0.15, 0.2) is 79.1 Å². The Hall–Kier alpha value is -3.27. The van der Waals surface area contributed by atoms with Gasteiger partial charge in [-0.3, -0.25) is 0 Å². The molecule has 1 N–H and O–H groups in total. The molecule has 4 rings (SSSR count). The lowest BCUT2D eigenvalue weighted by molar-refractivity contribution is 0.468. The van der Waals surface area contributed by atoms with Crippen molar-refractivity contribution < 1.29 is 4.74 Å². The largest absolute Gasteiger partial charge is 0.438 e. The highest BCUT2D eigenvalue weighted by Crippen LogP contribution is 2.31. The zero-order valence-electron chi connectivity index (χ0n) is 14.0. The molecule has 0 saturated carbocycles. The number of pyridine rings is 1. The summed E-state index contributed by atoms with van der Waals surface area (Å²) >= 11 is 0. The number of nitrogens with zero attached hydrogens (tertiary/aromatic N) is 2. The number of fused-ring (bicyclic) bond motifs is 1. The summed E-state index contributed by atoms with van der Waals surface area (Å²) in [6, 6.07) is 22.4. The van der Waals surface area contributed by atoms with Crippen LogP contribution in [0.3, 0.4) is 0 Å². The Labute approximate surface area is 146 Å². The van der Waals surface area contributed by atoms with Gasteiger partial charge in [0.1, 0.15) is 5.75 Å². The van der Waals surface area contributed by atoms with Crippen molar-refractivity contribution >= 4 is 16.6 Å². The first kappa shape index (κ1) is 15.3. The SMILES string of the molecule is CNc1ccnc(Oc2cccc3c2ccn3Cc2ccccc2)c1. The Morgan fingerprint density at radius 2 is 1.88 bits per heavy atom. The highest BCUT2D eigenvalue weighted by molar-refractivity contribution is 5.86. The Kier molecular flexibility index (Phi) is 4.09. The van der Waals surface area contributed by atoms with Crippen molar-refractivity contribution in [2.45, 2.75) is 6.54 Å². The second-order valence-electron chi connectivity index (χ2n) is 5.85. The van der Waals surface area contributed by atoms with Gasteiger partial charge in [-0.1, -0.05) is 36.4 Å². The Morgan fingerprint density at radius 3 is 2.72 bits per heavy atom. The summed E-state index contributed by atoms with van der Waals surface area (Å²) in [6.45, 7) is 0.835. The molecule has 0 spiro atoms. The van der Waals surface area contributed by atoms with Crippen molar-refractivity contribution in [3.8, 4) is 11.6 Å². The molecule has 4 nitrogen and oxygen atoms in total. The van der Waals surface area contributed by atoms with Crippen LogP contribution >= 0.6 is 0 Å². The average molecular weight is 329 g/mol. The van der Waals surface area contributed by atoms with Crippen LogP contribution in [0, 0.1) is 0 Å². The predicted octanol–water partition coefficient (Wildman–Crippen LogP) is 4.92. The zero-order chi connectivity index (χ0) is 17.1. The van der Waals surface area contributed by atoms with Crippen LogP contribution in [-0.2, 0) is 6.54 Å². The minimum Gasteiger partial charge on any atom is -0.438 e. The van der Waals surface area contributed by atoms with Gasteiger partial charge in [0.25, 0.3) is 0 Å². The fourth-order valence-electron chi connectivity index (χ4n) is 2.94. The molecule has 0 saturated heterocycles. The van der Waals surface area contributed by atoms with Crippen molar-refractivity contribution in [3.05, 3.63) is 84.7 Å². The average Bonchev–Trinajstić information content (AvgIpc) is 3.07. The van der Waals surface area contributed by atoms with Crippen LogP contribution < -0.4 is 10.1 Å². The number of hydrogen-bond acceptors (Lipinski definition) is 3. The third kappa shape index (κ3) is 3.19. The van der Waals surface area contributed by atoms with Gasteiger partial charge in [-0.05, 0) is 29.8 Å². The van der Waals surface area contributed by atoms with E-state index in [1.807, 2.05) is 37.4 Å². The van der Waals surface area contributed by atoms with E-state index in [-0.39, 0.29) is 0 Å². The molecule has 0 fully saturated rings. The molecular formula is C21H19N3O. The lowest BCUT2D eigenvalue weighted by Gasteiger charge is -2.09. The Bertz CT molecular complexity index is 992. The third-order valence-corrected chi connectivity index (χ3v) is 4.21. The van der Waals surface area contributed by atoms with E-state index in [0.29, 0.717) is 5.88 Å². The van der Waals surface area contributed by atoms with E-state index in [0.717, 1.165) is 28.9 Å². The molecule has 2 aromatic carbocycles. The quantitative estimate of drug-likeness (QED) is 0.565. The summed E-state index contributed by atoms with van der Waals surface area (Å²) in [4.78, 5) is 4.29. The first-order chi connectivity index (χ1) is 12.3. The molecule has 25 heavy (non-hydrogen) atoms. The van der Waals surface area contributed by atoms with E-state index >= 15 is 0 Å². The molecule has 0 aliphatic carbocycles. The predicted molar refractivity (Wildman–Crippen MR) is 101 cm³/mol. The monoisotopic (exact) mass is 329 g/mol. The van der Waals surface area contributed by atoms with E-state index in [2.05, 4.69) is 57.5 Å². The maximum Gasteiger partial charge on any atom is 0.221 e. The van der Waals surface area contributed by atoms with Crippen molar-refractivity contribution in [2.75, 3.05) is 12.4 Å². The minimum absolute atomic E-state index is 0.579. The number of aromatic nitrogens is 2. The van der Waals surface area contributed by atoms with E-state index in [9.17, 15) is 0 Å². The lowest BCUT2D eigenvalue weighted by Crippen LogP contribution is -1.97. The summed E-state index contributed by atoms with van der Waals surface area (Å²) in [5, 5.41) is 4.18. The topological polar surface area (TPSA) is 39.1 Å². The summed E-state index contributed by atoms with van der Waals surface area (Å²) in [5.74, 6) is 1.39. The fourth-order valence-corrected chi connectivity index (χ4v) is 2.94. The molecule has 4 heteroatoms. The van der Waals surface area contributed by atoms with Gasteiger partial charge in [0, 0.05) is 43.1 Å². The van der Waals surface area contributed by atoms with E-state index in [1.165, 1.54) is 5.56 Å². The van der Waals surface area contributed by atoms with Gasteiger partial charge in [-0.15, -0.1) is 0 Å². The first-order valence-corrected chi connectivity index (χ1v) is 8.27. The summed E-state index contributed by atoms with van der Waals surface area (Å²) in [7, 11) is 1.88. The van der Waals surface area contributed by atoms with Gasteiger partial charge >= 0.3 is 0 Å². The first-order valence-electron chi connectivity index (χ1n) is 8.27. The molecule has 0 radical (unpaired) electrons. The molecule has 0 unspecified atom stereocenters. The van der Waals surface area contributed by atoms with Crippen LogP contribution in [0.5, 0.6) is 11.6 Å². The molecule has 0 atom stereocenters. The lowest BCUT2D eigenvalue weighted by atomic mass is 10.2. The maximum absolute atomic E-state index is 6.03. The van der Waals surface area contributed by atoms with Gasteiger partial charge in [0.05, 0.1) is 5.52 Å². The zero-order valence-corrected chi connectivity index (χ0v) is 14.0. The van der Waals surface area contributed by atoms with E-state index < -0.39 is 0 Å². The van der Waals surface area contributed by atoms with Crippen molar-refractivity contribution in [2.24, 2.45) is 0 Å². The standard InChI is InChI=1S/C21H19N3O/c1-22-17-10-12-23-21(14-17)25-20-9-5-8-19-18(20)11-13-24(19)15-16-6-3-2-4-7-16/h2-14H,15H2,1H3,(H,22,23). The minimum atomic E-state index is 0.579. The smallest absolute Gasteiger partial charge is 0.221 e. The number of nitrogens with one attached hydrogen (secondary N) is 1. The van der Waals surface area contributed by atoms with E-state index in [4.69, 9.17) is 4.74 Å². The molecule has 0 amide bonds. The van der Waals surface area contributed by atoms with Gasteiger partial charge < -0.3 is 14.6 Å². The van der Waals surface area contributed by atoms with Crippen molar-refractivity contribution in [3.63, 3.8) is 0 Å². The van der Waals surface area contributed by atoms with E-state index in [1.54, 1.807) is 6.20 Å². The second-order valence-corrected chi connectivity index (χ2v) is 5.85. The third-order valence-electron chi connectivity index (χ3n) is 4.21. The Morgan fingerprint density at radius 1 is 1.00 bits per heavy atom. The summed E-state index contributed by atoms with van der Waals surface area (Å²) in [6.07, 6.45) is 3.84. The number of anilines is 1. The molecule has 4 aromatic rings. The molecular weight excluding hydrogens is 310 g/mol. The molecule has 124 valence electrons. The molecule has 0 aliphatic heterocycles. The van der Waals surface area contributed by atoms with Gasteiger partial charge in [0.2, 0.25) is 5.88 Å². The molecule has 0 aliphatic rings. The maximum atomic E-state index is 6.03. The molecule has 2 aromatic heterocycles. The number of rotatable bonds is 5. The summed E-state index contributed by atoms with van der Waals surface area (Å²) in [5.41, 5.74) is 3.39. The van der Waals surface area contributed by atoms with Gasteiger partial charge in [0.15, 0.2) is 0 Å². The van der Waals surface area contributed by atoms with Crippen LogP contribution in [0.2, 0.25) is 0 Å². The highest BCUT2D eigenvalue weighted by atomic mass is 16.5. The molecule has 2 heterocycles. The van der Waals surface area contributed by atoms with Crippen molar-refractivity contribution in [1.82, 2.24) is 9.55 Å². The second kappa shape index (κ2) is 6.69. The van der Waals surface area contributed by atoms with Gasteiger partial charge in [-0.2, -0.15) is 0 Å². The summed E-state index contributed by atoms with van der Waals surface area (Å²) < 4.78 is 8.26. The number of ether oxygens (including phenoxy) is 1. The number of benzene rings is 2. The number of hydrogen-bond donors (Lipinski definition) is 1. The normalized spacial score (nSPS) is 10.8. The van der Waals surface area contributed by atoms with Crippen LogP contribution in [0.1, 0.15) is 5.56 Å². The molecule has 0 bridgehead atoms. The van der Waals surface area contributed by atoms with Crippen molar-refractivity contribution in [1.29, 1.82) is 0 Å². The van der Waals surface area contributed by atoms with Crippen LogP contribution in [0.4, 0.5) is 5.69 Å². The van der Waals surface area contributed by atoms with Crippen LogP contribution in [-0.4, -0.2) is 16.6 Å².